The summed E-state index contributed by atoms with van der Waals surface area (Å²) in [4.78, 5) is 22.1. The summed E-state index contributed by atoms with van der Waals surface area (Å²) in [5.41, 5.74) is 5.67. The number of hydrogen-bond donors (Lipinski definition) is 2. The largest absolute Gasteiger partial charge is 0.465 e. The second kappa shape index (κ2) is 10.1. The number of rotatable bonds is 6. The third-order valence-corrected chi connectivity index (χ3v) is 6.75. The number of hydrogen-bond acceptors (Lipinski definition) is 8. The third-order valence-electron chi connectivity index (χ3n) is 6.49. The monoisotopic (exact) mass is 513 g/mol. The Morgan fingerprint density at radius 1 is 1.29 bits per heavy atom. The first kappa shape index (κ1) is 25.3. The van der Waals surface area contributed by atoms with Crippen molar-refractivity contribution in [3.8, 4) is 5.88 Å². The van der Waals surface area contributed by atoms with E-state index in [1.807, 2.05) is 4.90 Å². The molecule has 2 saturated heterocycles. The predicted octanol–water partition coefficient (Wildman–Crippen LogP) is 3.91. The molecule has 4 rings (SSSR count). The number of benzene rings is 1. The summed E-state index contributed by atoms with van der Waals surface area (Å²) in [5.74, 6) is -0.293. The molecule has 8 nitrogen and oxygen atoms in total. The van der Waals surface area contributed by atoms with Gasteiger partial charge in [0.15, 0.2) is 0 Å². The number of piperidine rings is 1. The number of nitrogens with zero attached hydrogens (tertiary/aromatic N) is 3. The molecule has 0 unspecified atom stereocenters. The molecule has 2 aromatic rings. The number of esters is 1. The summed E-state index contributed by atoms with van der Waals surface area (Å²) in [7, 11) is 0. The number of alkyl halides is 3. The Labute approximate surface area is 205 Å². The van der Waals surface area contributed by atoms with Crippen LogP contribution >= 0.6 is 11.6 Å². The highest BCUT2D eigenvalue weighted by Crippen LogP contribution is 2.41. The zero-order valence-corrected chi connectivity index (χ0v) is 19.9. The van der Waals surface area contributed by atoms with Gasteiger partial charge in [-0.2, -0.15) is 23.1 Å². The predicted molar refractivity (Wildman–Crippen MR) is 124 cm³/mol. The highest BCUT2D eigenvalue weighted by Gasteiger charge is 2.45. The zero-order chi connectivity index (χ0) is 25.2. The Hall–Kier alpha value is -2.79. The standard InChI is InChI=1S/C23H27ClF3N5O3/c1-2-34-20(33)16-12-22(13-29-16)7-9-32(10-8-22)17-11-18(31-21(28)30-17)35-19(23(25,26)27)14-3-5-15(24)6-4-14/h3-6,11,16,19,29H,2,7-10,12-13H2,1H3,(H2,28,30,31)/t16-,19+/m0/s1. The van der Waals surface area contributed by atoms with Gasteiger partial charge in [0.05, 0.1) is 6.61 Å². The summed E-state index contributed by atoms with van der Waals surface area (Å²) in [6.45, 7) is 4.03. The number of nitrogens with one attached hydrogen (secondary N) is 1. The highest BCUT2D eigenvalue weighted by molar-refractivity contribution is 6.30. The van der Waals surface area contributed by atoms with Crippen molar-refractivity contribution in [1.29, 1.82) is 0 Å². The maximum Gasteiger partial charge on any atom is 0.429 e. The van der Waals surface area contributed by atoms with E-state index in [1.54, 1.807) is 6.92 Å². The van der Waals surface area contributed by atoms with E-state index < -0.39 is 12.3 Å². The molecule has 2 aliphatic heterocycles. The van der Waals surface area contributed by atoms with Crippen LogP contribution in [0.2, 0.25) is 5.02 Å². The van der Waals surface area contributed by atoms with Gasteiger partial charge in [-0.1, -0.05) is 23.7 Å². The van der Waals surface area contributed by atoms with E-state index in [1.165, 1.54) is 30.3 Å². The van der Waals surface area contributed by atoms with Gasteiger partial charge in [0.2, 0.25) is 17.9 Å². The summed E-state index contributed by atoms with van der Waals surface area (Å²) >= 11 is 5.81. The lowest BCUT2D eigenvalue weighted by molar-refractivity contribution is -0.198. The zero-order valence-electron chi connectivity index (χ0n) is 19.1. The van der Waals surface area contributed by atoms with Crippen molar-refractivity contribution < 1.29 is 27.4 Å². The molecule has 35 heavy (non-hydrogen) atoms. The molecule has 3 heterocycles. The molecule has 0 aliphatic carbocycles. The fourth-order valence-corrected chi connectivity index (χ4v) is 4.78. The van der Waals surface area contributed by atoms with Crippen molar-refractivity contribution >= 4 is 29.3 Å². The summed E-state index contributed by atoms with van der Waals surface area (Å²) in [6.07, 6.45) is -4.67. The van der Waals surface area contributed by atoms with Gasteiger partial charge in [0, 0.05) is 36.3 Å². The van der Waals surface area contributed by atoms with Gasteiger partial charge in [0.25, 0.3) is 0 Å². The number of ether oxygens (including phenoxy) is 2. The fraction of sp³-hybridized carbons (Fsp3) is 0.522. The van der Waals surface area contributed by atoms with Crippen LogP contribution in [0.25, 0.3) is 0 Å². The molecule has 2 atom stereocenters. The molecule has 1 aromatic heterocycles. The molecule has 0 radical (unpaired) electrons. The minimum absolute atomic E-state index is 0.0399. The highest BCUT2D eigenvalue weighted by atomic mass is 35.5. The van der Waals surface area contributed by atoms with Crippen LogP contribution < -0.4 is 20.7 Å². The molecule has 2 fully saturated rings. The van der Waals surface area contributed by atoms with Crippen LogP contribution in [0.1, 0.15) is 37.9 Å². The van der Waals surface area contributed by atoms with E-state index in [4.69, 9.17) is 26.8 Å². The number of aromatic nitrogens is 2. The van der Waals surface area contributed by atoms with Crippen molar-refractivity contribution in [2.75, 3.05) is 36.9 Å². The topological polar surface area (TPSA) is 103 Å². The summed E-state index contributed by atoms with van der Waals surface area (Å²) in [5, 5.41) is 3.57. The first-order valence-electron chi connectivity index (χ1n) is 11.4. The number of anilines is 2. The average molecular weight is 514 g/mol. The molecule has 2 aliphatic rings. The number of carbonyl (C=O) groups excluding carboxylic acids is 1. The number of nitrogens with two attached hydrogens (primary N) is 1. The SMILES string of the molecule is CCOC(=O)[C@@H]1CC2(CCN(c3cc(O[C@H](c4ccc(Cl)cc4)C(F)(F)F)nc(N)n3)CC2)CN1. The Morgan fingerprint density at radius 3 is 2.60 bits per heavy atom. The molecule has 190 valence electrons. The first-order chi connectivity index (χ1) is 16.6. The van der Waals surface area contributed by atoms with Crippen molar-refractivity contribution in [2.45, 2.75) is 44.5 Å². The lowest BCUT2D eigenvalue weighted by Crippen LogP contribution is -2.41. The quantitative estimate of drug-likeness (QED) is 0.561. The second-order valence-electron chi connectivity index (χ2n) is 8.89. The molecular formula is C23H27ClF3N5O3. The Kier molecular flexibility index (Phi) is 7.27. The van der Waals surface area contributed by atoms with E-state index in [0.29, 0.717) is 43.5 Å². The normalized spacial score (nSPS) is 20.6. The van der Waals surface area contributed by atoms with Crippen LogP contribution in [0, 0.1) is 5.41 Å². The fourth-order valence-electron chi connectivity index (χ4n) is 4.65. The minimum atomic E-state index is -4.68. The third kappa shape index (κ3) is 5.90. The van der Waals surface area contributed by atoms with Crippen LogP contribution in [-0.4, -0.2) is 54.4 Å². The van der Waals surface area contributed by atoms with Crippen LogP contribution in [0.3, 0.4) is 0 Å². The van der Waals surface area contributed by atoms with Crippen LogP contribution in [0.5, 0.6) is 5.88 Å². The number of halogens is 4. The Balaban J connectivity index is 1.46. The molecule has 1 spiro atoms. The van der Waals surface area contributed by atoms with E-state index in [9.17, 15) is 18.0 Å². The molecule has 12 heteroatoms. The second-order valence-corrected chi connectivity index (χ2v) is 9.33. The number of nitrogen functional groups attached to an aromatic ring is 1. The average Bonchev–Trinajstić information content (AvgIpc) is 3.21. The van der Waals surface area contributed by atoms with Crippen LogP contribution in [0.4, 0.5) is 24.9 Å². The molecule has 3 N–H and O–H groups in total. The summed E-state index contributed by atoms with van der Waals surface area (Å²) < 4.78 is 51.7. The first-order valence-corrected chi connectivity index (χ1v) is 11.7. The lowest BCUT2D eigenvalue weighted by atomic mass is 9.76. The van der Waals surface area contributed by atoms with Gasteiger partial charge >= 0.3 is 12.1 Å². The van der Waals surface area contributed by atoms with Gasteiger partial charge in [-0.05, 0) is 43.7 Å². The molecule has 0 amide bonds. The maximum absolute atomic E-state index is 13.8. The van der Waals surface area contributed by atoms with E-state index in [-0.39, 0.29) is 34.8 Å². The van der Waals surface area contributed by atoms with Crippen molar-refractivity contribution in [3.05, 3.63) is 40.9 Å². The summed E-state index contributed by atoms with van der Waals surface area (Å²) in [6, 6.07) is 6.31. The van der Waals surface area contributed by atoms with Gasteiger partial charge in [-0.25, -0.2) is 0 Å². The van der Waals surface area contributed by atoms with Gasteiger partial charge in [0.1, 0.15) is 11.9 Å². The van der Waals surface area contributed by atoms with Gasteiger partial charge in [-0.3, -0.25) is 4.79 Å². The van der Waals surface area contributed by atoms with Gasteiger partial charge < -0.3 is 25.4 Å². The van der Waals surface area contributed by atoms with Crippen LogP contribution in [0.15, 0.2) is 30.3 Å². The lowest BCUT2D eigenvalue weighted by Gasteiger charge is -2.39. The smallest absolute Gasteiger partial charge is 0.429 e. The maximum atomic E-state index is 13.8. The van der Waals surface area contributed by atoms with Crippen molar-refractivity contribution in [1.82, 2.24) is 15.3 Å². The molecule has 0 saturated carbocycles. The van der Waals surface area contributed by atoms with E-state index in [0.717, 1.165) is 12.8 Å². The Bertz CT molecular complexity index is 1050. The molecular weight excluding hydrogens is 487 g/mol. The number of carbonyl (C=O) groups is 1. The van der Waals surface area contributed by atoms with E-state index in [2.05, 4.69) is 15.3 Å². The molecule has 1 aromatic carbocycles. The van der Waals surface area contributed by atoms with E-state index >= 15 is 0 Å². The van der Waals surface area contributed by atoms with Crippen molar-refractivity contribution in [2.24, 2.45) is 5.41 Å². The minimum Gasteiger partial charge on any atom is -0.465 e. The Morgan fingerprint density at radius 2 is 1.97 bits per heavy atom. The molecule has 0 bridgehead atoms. The van der Waals surface area contributed by atoms with Gasteiger partial charge in [-0.15, -0.1) is 0 Å². The van der Waals surface area contributed by atoms with Crippen LogP contribution in [-0.2, 0) is 9.53 Å². The van der Waals surface area contributed by atoms with Crippen molar-refractivity contribution in [3.63, 3.8) is 0 Å².